The summed E-state index contributed by atoms with van der Waals surface area (Å²) in [5, 5.41) is 15.8. The first-order valence-corrected chi connectivity index (χ1v) is 10.9. The second-order valence-corrected chi connectivity index (χ2v) is 8.42. The Hall–Kier alpha value is -3.50. The van der Waals surface area contributed by atoms with Gasteiger partial charge in [-0.1, -0.05) is 44.0 Å². The van der Waals surface area contributed by atoms with Gasteiger partial charge in [-0.25, -0.2) is 4.98 Å². The number of thiazole rings is 1. The van der Waals surface area contributed by atoms with Gasteiger partial charge in [0.2, 0.25) is 5.82 Å². The van der Waals surface area contributed by atoms with Gasteiger partial charge >= 0.3 is 0 Å². The molecule has 0 unspecified atom stereocenters. The Labute approximate surface area is 185 Å². The third-order valence-corrected chi connectivity index (χ3v) is 5.35. The van der Waals surface area contributed by atoms with E-state index >= 15 is 0 Å². The van der Waals surface area contributed by atoms with E-state index in [4.69, 9.17) is 4.74 Å². The number of rotatable bonds is 6. The minimum absolute atomic E-state index is 0.541. The van der Waals surface area contributed by atoms with Gasteiger partial charge in [-0.3, -0.25) is 0 Å². The molecule has 0 fully saturated rings. The molecule has 0 N–H and O–H groups in total. The molecule has 2 aromatic carbocycles. The summed E-state index contributed by atoms with van der Waals surface area (Å²) in [6.45, 7) is 4.92. The fourth-order valence-corrected chi connectivity index (χ4v) is 3.73. The van der Waals surface area contributed by atoms with E-state index in [1.165, 1.54) is 0 Å². The van der Waals surface area contributed by atoms with Crippen LogP contribution in [0.1, 0.15) is 35.7 Å². The zero-order valence-corrected chi connectivity index (χ0v) is 18.6. The van der Waals surface area contributed by atoms with E-state index < -0.39 is 0 Å². The van der Waals surface area contributed by atoms with Crippen LogP contribution in [0.15, 0.2) is 53.9 Å². The molecule has 0 spiro atoms. The van der Waals surface area contributed by atoms with Crippen LogP contribution in [0, 0.1) is 17.8 Å². The second kappa shape index (κ2) is 9.54. The lowest BCUT2D eigenvalue weighted by molar-refractivity contribution is 0.414. The molecule has 0 aliphatic rings. The van der Waals surface area contributed by atoms with Gasteiger partial charge in [0.15, 0.2) is 5.01 Å². The predicted octanol–water partition coefficient (Wildman–Crippen LogP) is 4.45. The van der Waals surface area contributed by atoms with Crippen LogP contribution < -0.4 is 4.74 Å². The fraction of sp³-hybridized carbons (Fsp3) is 0.250. The Balaban J connectivity index is 1.47. The maximum Gasteiger partial charge on any atom is 0.204 e. The highest BCUT2D eigenvalue weighted by Gasteiger charge is 2.07. The van der Waals surface area contributed by atoms with Crippen molar-refractivity contribution in [2.24, 2.45) is 5.92 Å². The van der Waals surface area contributed by atoms with Crippen molar-refractivity contribution in [2.75, 3.05) is 7.11 Å². The van der Waals surface area contributed by atoms with Gasteiger partial charge in [0.05, 0.1) is 19.3 Å². The second-order valence-electron chi connectivity index (χ2n) is 7.56. The minimum Gasteiger partial charge on any atom is -0.497 e. The molecule has 31 heavy (non-hydrogen) atoms. The predicted molar refractivity (Wildman–Crippen MR) is 122 cm³/mol. The summed E-state index contributed by atoms with van der Waals surface area (Å²) in [7, 11) is 1.65. The molecule has 4 rings (SSSR count). The zero-order valence-electron chi connectivity index (χ0n) is 17.7. The summed E-state index contributed by atoms with van der Waals surface area (Å²) in [5.41, 5.74) is 3.96. The smallest absolute Gasteiger partial charge is 0.204 e. The van der Waals surface area contributed by atoms with E-state index in [-0.39, 0.29) is 0 Å². The molecule has 6 nitrogen and oxygen atoms in total. The van der Waals surface area contributed by atoms with E-state index in [0.717, 1.165) is 39.6 Å². The zero-order chi connectivity index (χ0) is 21.6. The van der Waals surface area contributed by atoms with Crippen molar-refractivity contribution in [3.05, 3.63) is 75.7 Å². The average Bonchev–Trinajstić information content (AvgIpc) is 3.42. The van der Waals surface area contributed by atoms with Crippen LogP contribution in [0.2, 0.25) is 0 Å². The van der Waals surface area contributed by atoms with Gasteiger partial charge in [-0.15, -0.1) is 21.5 Å². The Morgan fingerprint density at radius 3 is 2.71 bits per heavy atom. The number of nitrogens with zero attached hydrogens (tertiary/aromatic N) is 5. The molecule has 2 aromatic heterocycles. The molecule has 0 bridgehead atoms. The molecule has 0 saturated carbocycles. The van der Waals surface area contributed by atoms with E-state index in [1.54, 1.807) is 23.2 Å². The largest absolute Gasteiger partial charge is 0.497 e. The van der Waals surface area contributed by atoms with E-state index in [1.807, 2.05) is 48.5 Å². The maximum absolute atomic E-state index is 5.19. The third kappa shape index (κ3) is 5.56. The molecular formula is C24H23N5OS. The average molecular weight is 430 g/mol. The number of tetrazole rings is 1. The minimum atomic E-state index is 0.541. The Bertz CT molecular complexity index is 1210. The number of ether oxygens (including phenoxy) is 1. The molecule has 4 aromatic rings. The normalized spacial score (nSPS) is 10.7. The van der Waals surface area contributed by atoms with Crippen LogP contribution in [0.25, 0.3) is 11.4 Å². The molecule has 0 atom stereocenters. The molecule has 0 radical (unpaired) electrons. The third-order valence-electron chi connectivity index (χ3n) is 4.54. The highest BCUT2D eigenvalue weighted by Crippen LogP contribution is 2.17. The van der Waals surface area contributed by atoms with Gasteiger partial charge in [-0.05, 0) is 53.3 Å². The summed E-state index contributed by atoms with van der Waals surface area (Å²) in [6, 6.07) is 15.7. The van der Waals surface area contributed by atoms with Gasteiger partial charge in [-0.2, -0.15) is 4.80 Å². The van der Waals surface area contributed by atoms with Crippen LogP contribution in [-0.2, 0) is 13.0 Å². The Morgan fingerprint density at radius 1 is 1.10 bits per heavy atom. The Kier molecular flexibility index (Phi) is 6.39. The van der Waals surface area contributed by atoms with E-state index in [0.29, 0.717) is 18.3 Å². The number of hydrogen-bond donors (Lipinski definition) is 0. The first-order chi connectivity index (χ1) is 15.1. The van der Waals surface area contributed by atoms with Crippen LogP contribution in [-0.4, -0.2) is 32.3 Å². The van der Waals surface area contributed by atoms with Gasteiger partial charge in [0.25, 0.3) is 0 Å². The quantitative estimate of drug-likeness (QED) is 0.424. The highest BCUT2D eigenvalue weighted by atomic mass is 32.1. The molecule has 0 amide bonds. The summed E-state index contributed by atoms with van der Waals surface area (Å²) < 4.78 is 5.19. The van der Waals surface area contributed by atoms with Crippen LogP contribution in [0.3, 0.4) is 0 Å². The van der Waals surface area contributed by atoms with Gasteiger partial charge in [0, 0.05) is 16.5 Å². The number of methoxy groups -OCH3 is 1. The van der Waals surface area contributed by atoms with Crippen LogP contribution >= 0.6 is 11.3 Å². The molecule has 156 valence electrons. The fourth-order valence-electron chi connectivity index (χ4n) is 3.06. The molecule has 0 saturated heterocycles. The maximum atomic E-state index is 5.19. The molecular weight excluding hydrogens is 406 g/mol. The van der Waals surface area contributed by atoms with Crippen molar-refractivity contribution >= 4 is 11.3 Å². The lowest BCUT2D eigenvalue weighted by Crippen LogP contribution is -2.04. The number of aromatic nitrogens is 5. The SMILES string of the molecule is COc1ccc(Cn2nnc(-c3cccc(C#Cc4nc(CC(C)C)cs4)c3)n2)cc1. The first-order valence-electron chi connectivity index (χ1n) is 10.1. The summed E-state index contributed by atoms with van der Waals surface area (Å²) in [5.74, 6) is 8.35. The van der Waals surface area contributed by atoms with Crippen molar-refractivity contribution < 1.29 is 4.74 Å². The lowest BCUT2D eigenvalue weighted by atomic mass is 10.1. The molecule has 2 heterocycles. The molecule has 0 aliphatic carbocycles. The topological polar surface area (TPSA) is 65.7 Å². The van der Waals surface area contributed by atoms with Crippen LogP contribution in [0.4, 0.5) is 0 Å². The summed E-state index contributed by atoms with van der Waals surface area (Å²) in [4.78, 5) is 6.18. The van der Waals surface area contributed by atoms with Gasteiger partial charge < -0.3 is 4.74 Å². The van der Waals surface area contributed by atoms with Crippen molar-refractivity contribution in [2.45, 2.75) is 26.8 Å². The number of hydrogen-bond acceptors (Lipinski definition) is 6. The van der Waals surface area contributed by atoms with Gasteiger partial charge in [0.1, 0.15) is 5.75 Å². The highest BCUT2D eigenvalue weighted by molar-refractivity contribution is 7.10. The standard InChI is InChI=1S/C24H23N5OS/c1-17(2)13-21-16-31-23(25-21)12-9-18-5-4-6-20(14-18)24-26-28-29(27-24)15-19-7-10-22(30-3)11-8-19/h4-8,10-11,14,16-17H,13,15H2,1-3H3. The van der Waals surface area contributed by atoms with Crippen molar-refractivity contribution in [3.63, 3.8) is 0 Å². The Morgan fingerprint density at radius 2 is 1.94 bits per heavy atom. The van der Waals surface area contributed by atoms with E-state index in [9.17, 15) is 0 Å². The summed E-state index contributed by atoms with van der Waals surface area (Å²) >= 11 is 1.59. The van der Waals surface area contributed by atoms with Crippen molar-refractivity contribution in [1.29, 1.82) is 0 Å². The monoisotopic (exact) mass is 429 g/mol. The summed E-state index contributed by atoms with van der Waals surface area (Å²) in [6.07, 6.45) is 0.978. The molecule has 0 aliphatic heterocycles. The first kappa shape index (κ1) is 20.8. The number of benzene rings is 2. The molecule has 7 heteroatoms. The van der Waals surface area contributed by atoms with Crippen molar-refractivity contribution in [1.82, 2.24) is 25.2 Å². The van der Waals surface area contributed by atoms with Crippen molar-refractivity contribution in [3.8, 4) is 29.0 Å². The van der Waals surface area contributed by atoms with Crippen LogP contribution in [0.5, 0.6) is 5.75 Å². The lowest BCUT2D eigenvalue weighted by Gasteiger charge is -2.02. The van der Waals surface area contributed by atoms with E-state index in [2.05, 4.69) is 51.5 Å².